The number of aromatic nitrogens is 3. The maximum atomic E-state index is 13.1. The van der Waals surface area contributed by atoms with Crippen molar-refractivity contribution >= 4 is 22.5 Å². The highest BCUT2D eigenvalue weighted by Gasteiger charge is 2.27. The Bertz CT molecular complexity index is 1070. The van der Waals surface area contributed by atoms with Gasteiger partial charge < -0.3 is 5.32 Å². The lowest BCUT2D eigenvalue weighted by Crippen LogP contribution is -2.44. The second kappa shape index (κ2) is 6.83. The summed E-state index contributed by atoms with van der Waals surface area (Å²) in [5.41, 5.74) is 2.01. The number of para-hydroxylation sites is 1. The van der Waals surface area contributed by atoms with E-state index in [1.54, 1.807) is 0 Å². The molecule has 1 aliphatic carbocycles. The van der Waals surface area contributed by atoms with E-state index in [0.29, 0.717) is 11.6 Å². The van der Waals surface area contributed by atoms with E-state index >= 15 is 0 Å². The van der Waals surface area contributed by atoms with Gasteiger partial charge in [-0.2, -0.15) is 4.98 Å². The minimum atomic E-state index is -0.412. The van der Waals surface area contributed by atoms with Gasteiger partial charge in [0.2, 0.25) is 5.91 Å². The smallest absolute Gasteiger partial charge is 0.273 e. The second-order valence-corrected chi connectivity index (χ2v) is 7.79. The molecule has 6 nitrogen and oxygen atoms in total. The number of amides is 1. The third-order valence-corrected chi connectivity index (χ3v) is 5.88. The number of hydrogen-bond acceptors (Lipinski definition) is 3. The van der Waals surface area contributed by atoms with Crippen molar-refractivity contribution < 1.29 is 4.79 Å². The van der Waals surface area contributed by atoms with Gasteiger partial charge in [0, 0.05) is 23.2 Å². The fourth-order valence-electron chi connectivity index (χ4n) is 4.33. The van der Waals surface area contributed by atoms with Crippen molar-refractivity contribution in [3.63, 3.8) is 0 Å². The van der Waals surface area contributed by atoms with E-state index in [4.69, 9.17) is 0 Å². The van der Waals surface area contributed by atoms with Crippen LogP contribution in [0.5, 0.6) is 0 Å². The first-order valence-corrected chi connectivity index (χ1v) is 9.77. The number of fused-ring (bicyclic) bond motifs is 3. The van der Waals surface area contributed by atoms with Crippen LogP contribution in [0.25, 0.3) is 16.6 Å². The summed E-state index contributed by atoms with van der Waals surface area (Å²) in [6.07, 6.45) is 4.62. The first-order valence-electron chi connectivity index (χ1n) is 9.77. The Labute approximate surface area is 158 Å². The molecule has 0 bridgehead atoms. The van der Waals surface area contributed by atoms with Gasteiger partial charge in [0.1, 0.15) is 6.04 Å². The molecule has 1 aromatic carbocycles. The molecule has 0 saturated heterocycles. The van der Waals surface area contributed by atoms with E-state index in [9.17, 15) is 9.59 Å². The third kappa shape index (κ3) is 3.03. The predicted molar refractivity (Wildman–Crippen MR) is 106 cm³/mol. The Morgan fingerprint density at radius 2 is 2.00 bits per heavy atom. The lowest BCUT2D eigenvalue weighted by Gasteiger charge is -2.31. The number of nitrogens with zero attached hydrogens (tertiary/aromatic N) is 3. The molecule has 1 aliphatic rings. The van der Waals surface area contributed by atoms with Crippen molar-refractivity contribution in [1.29, 1.82) is 0 Å². The van der Waals surface area contributed by atoms with Crippen LogP contribution in [0.1, 0.15) is 51.3 Å². The average molecular weight is 366 g/mol. The van der Waals surface area contributed by atoms with E-state index < -0.39 is 6.04 Å². The van der Waals surface area contributed by atoms with Crippen molar-refractivity contribution in [2.24, 2.45) is 5.92 Å². The van der Waals surface area contributed by atoms with E-state index in [2.05, 4.69) is 17.2 Å². The number of aryl methyl sites for hydroxylation is 1. The number of rotatable bonds is 3. The summed E-state index contributed by atoms with van der Waals surface area (Å²) >= 11 is 0. The molecule has 1 saturated carbocycles. The molecule has 2 aromatic heterocycles. The van der Waals surface area contributed by atoms with Crippen molar-refractivity contribution in [3.05, 3.63) is 46.4 Å². The van der Waals surface area contributed by atoms with Crippen molar-refractivity contribution in [2.45, 2.75) is 58.5 Å². The molecule has 27 heavy (non-hydrogen) atoms. The van der Waals surface area contributed by atoms with Crippen LogP contribution in [0.3, 0.4) is 0 Å². The minimum Gasteiger partial charge on any atom is -0.351 e. The summed E-state index contributed by atoms with van der Waals surface area (Å²) in [7, 11) is 0. The Balaban J connectivity index is 1.79. The van der Waals surface area contributed by atoms with Crippen LogP contribution in [-0.2, 0) is 4.79 Å². The van der Waals surface area contributed by atoms with Crippen LogP contribution in [0.15, 0.2) is 35.1 Å². The summed E-state index contributed by atoms with van der Waals surface area (Å²) in [5, 5.41) is 4.14. The molecule has 0 unspecified atom stereocenters. The number of hydrogen-bond donors (Lipinski definition) is 1. The highest BCUT2D eigenvalue weighted by molar-refractivity contribution is 5.94. The molecule has 1 amide bonds. The summed E-state index contributed by atoms with van der Waals surface area (Å²) < 4.78 is 3.84. The molecule has 3 atom stereocenters. The van der Waals surface area contributed by atoms with Gasteiger partial charge >= 0.3 is 0 Å². The van der Waals surface area contributed by atoms with Crippen LogP contribution >= 0.6 is 0 Å². The number of nitrogens with one attached hydrogen (secondary N) is 1. The fraction of sp³-hybridized carbons (Fsp3) is 0.476. The van der Waals surface area contributed by atoms with Gasteiger partial charge in [-0.3, -0.25) is 14.3 Å². The van der Waals surface area contributed by atoms with Gasteiger partial charge in [-0.15, -0.1) is 0 Å². The van der Waals surface area contributed by atoms with Crippen LogP contribution in [-0.4, -0.2) is 26.1 Å². The van der Waals surface area contributed by atoms with Gasteiger partial charge in [0.05, 0.1) is 5.52 Å². The summed E-state index contributed by atoms with van der Waals surface area (Å²) in [4.78, 5) is 29.2. The molecule has 3 aromatic rings. The first-order chi connectivity index (χ1) is 13.0. The zero-order valence-corrected chi connectivity index (χ0v) is 16.1. The Hall–Kier alpha value is -2.63. The van der Waals surface area contributed by atoms with E-state index in [0.717, 1.165) is 23.0 Å². The van der Waals surface area contributed by atoms with Gasteiger partial charge in [-0.05, 0) is 44.7 Å². The average Bonchev–Trinajstić information content (AvgIpc) is 2.98. The van der Waals surface area contributed by atoms with Gasteiger partial charge in [0.25, 0.3) is 5.56 Å². The molecule has 1 fully saturated rings. The summed E-state index contributed by atoms with van der Waals surface area (Å²) in [6, 6.07) is 9.12. The highest BCUT2D eigenvalue weighted by atomic mass is 16.2. The van der Waals surface area contributed by atoms with Crippen molar-refractivity contribution in [1.82, 2.24) is 19.5 Å². The summed E-state index contributed by atoms with van der Waals surface area (Å²) in [5.74, 6) is 0.515. The van der Waals surface area contributed by atoms with Gasteiger partial charge in [0.15, 0.2) is 5.65 Å². The molecular formula is C21H26N4O2. The first kappa shape index (κ1) is 17.8. The minimum absolute atomic E-state index is 0.00880. The van der Waals surface area contributed by atoms with Crippen LogP contribution in [0.4, 0.5) is 0 Å². The van der Waals surface area contributed by atoms with Crippen LogP contribution in [0.2, 0.25) is 0 Å². The largest absolute Gasteiger partial charge is 0.351 e. The molecule has 2 heterocycles. The maximum Gasteiger partial charge on any atom is 0.273 e. The Morgan fingerprint density at radius 1 is 1.26 bits per heavy atom. The van der Waals surface area contributed by atoms with Crippen LogP contribution < -0.4 is 10.9 Å². The van der Waals surface area contributed by atoms with Crippen molar-refractivity contribution in [2.75, 3.05) is 0 Å². The molecule has 0 radical (unpaired) electrons. The highest BCUT2D eigenvalue weighted by Crippen LogP contribution is 2.27. The SMILES string of the molecule is Cc1cc(=O)nc2c3ccccc3n([C@H](C)C(=O)N[C@@H]3CCCC[C@H]3C)n12. The second-order valence-electron chi connectivity index (χ2n) is 7.79. The molecule has 0 aliphatic heterocycles. The lowest BCUT2D eigenvalue weighted by atomic mass is 9.86. The standard InChI is InChI=1S/C21H26N4O2/c1-13-8-4-6-10-17(13)22-21(27)15(3)25-18-11-7-5-9-16(18)20-23-19(26)12-14(2)24(20)25/h5,7,9,11-13,15,17H,4,6,8,10H2,1-3H3,(H,22,27)/t13-,15-,17-/m1/s1. The van der Waals surface area contributed by atoms with E-state index in [1.165, 1.54) is 25.3 Å². The zero-order valence-electron chi connectivity index (χ0n) is 16.1. The Kier molecular flexibility index (Phi) is 4.50. The van der Waals surface area contributed by atoms with Crippen molar-refractivity contribution in [3.8, 4) is 0 Å². The molecule has 4 rings (SSSR count). The van der Waals surface area contributed by atoms with Gasteiger partial charge in [-0.1, -0.05) is 31.9 Å². The Morgan fingerprint density at radius 3 is 2.78 bits per heavy atom. The predicted octanol–water partition coefficient (Wildman–Crippen LogP) is 3.21. The molecule has 6 heteroatoms. The maximum absolute atomic E-state index is 13.1. The fourth-order valence-corrected chi connectivity index (χ4v) is 4.33. The quantitative estimate of drug-likeness (QED) is 0.774. The van der Waals surface area contributed by atoms with E-state index in [1.807, 2.05) is 47.3 Å². The lowest BCUT2D eigenvalue weighted by molar-refractivity contribution is -0.125. The number of carbonyl (C=O) groups is 1. The summed E-state index contributed by atoms with van der Waals surface area (Å²) in [6.45, 7) is 6.00. The topological polar surface area (TPSA) is 68.4 Å². The molecular weight excluding hydrogens is 340 g/mol. The van der Waals surface area contributed by atoms with Gasteiger partial charge in [-0.25, -0.2) is 4.52 Å². The third-order valence-electron chi connectivity index (χ3n) is 5.88. The number of carbonyl (C=O) groups excluding carboxylic acids is 1. The van der Waals surface area contributed by atoms with E-state index in [-0.39, 0.29) is 17.5 Å². The van der Waals surface area contributed by atoms with Crippen LogP contribution in [0, 0.1) is 12.8 Å². The molecule has 142 valence electrons. The monoisotopic (exact) mass is 366 g/mol. The zero-order chi connectivity index (χ0) is 19.1. The molecule has 0 spiro atoms. The normalized spacial score (nSPS) is 21.4. The molecule has 1 N–H and O–H groups in total. The number of benzene rings is 1.